The molecule has 1 aromatic heterocycles. The highest BCUT2D eigenvalue weighted by Crippen LogP contribution is 2.26. The highest BCUT2D eigenvalue weighted by Gasteiger charge is 2.24. The molecule has 1 aromatic carbocycles. The number of hydrogen-bond acceptors (Lipinski definition) is 2. The maximum atomic E-state index is 13.4. The lowest BCUT2D eigenvalue weighted by Crippen LogP contribution is -2.27. The molecule has 2 aromatic rings. The van der Waals surface area contributed by atoms with Crippen LogP contribution >= 0.6 is 0 Å². The molecule has 2 atom stereocenters. The Bertz CT molecular complexity index is 907. The molecule has 1 amide bonds. The SMILES string of the molecule is CCC[C@H]1C=Cc2c(cn(C)c2C(=O)Nc2ccc(F)c(F)c2)S(=N)N1. The zero-order chi connectivity index (χ0) is 18.8. The Morgan fingerprint density at radius 3 is 2.85 bits per heavy atom. The predicted octanol–water partition coefficient (Wildman–Crippen LogP) is 4.00. The maximum Gasteiger partial charge on any atom is 0.272 e. The fraction of sp³-hybridized carbons (Fsp3) is 0.278. The Kier molecular flexibility index (Phi) is 5.33. The van der Waals surface area contributed by atoms with Crippen LogP contribution in [-0.2, 0) is 17.9 Å². The van der Waals surface area contributed by atoms with Gasteiger partial charge in [-0.15, -0.1) is 0 Å². The summed E-state index contributed by atoms with van der Waals surface area (Å²) in [5, 5.41) is 2.60. The highest BCUT2D eigenvalue weighted by molar-refractivity contribution is 7.84. The first-order valence-electron chi connectivity index (χ1n) is 8.26. The molecule has 5 nitrogen and oxygen atoms in total. The largest absolute Gasteiger partial charge is 0.345 e. The fourth-order valence-corrected chi connectivity index (χ4v) is 4.19. The Morgan fingerprint density at radius 1 is 1.38 bits per heavy atom. The maximum absolute atomic E-state index is 13.4. The van der Waals surface area contributed by atoms with E-state index in [2.05, 4.69) is 17.0 Å². The van der Waals surface area contributed by atoms with Crippen LogP contribution in [0.15, 0.2) is 35.4 Å². The number of halogens is 2. The van der Waals surface area contributed by atoms with Crippen molar-refractivity contribution in [3.8, 4) is 0 Å². The average molecular weight is 378 g/mol. The van der Waals surface area contributed by atoms with Crippen LogP contribution in [0.5, 0.6) is 0 Å². The zero-order valence-electron chi connectivity index (χ0n) is 14.5. The van der Waals surface area contributed by atoms with Crippen molar-refractivity contribution in [3.05, 3.63) is 53.4 Å². The number of amides is 1. The van der Waals surface area contributed by atoms with Crippen molar-refractivity contribution in [1.82, 2.24) is 9.29 Å². The van der Waals surface area contributed by atoms with Crippen LogP contribution < -0.4 is 10.0 Å². The van der Waals surface area contributed by atoms with Crippen molar-refractivity contribution in [1.29, 1.82) is 4.78 Å². The molecule has 2 heterocycles. The van der Waals surface area contributed by atoms with Gasteiger partial charge in [-0.1, -0.05) is 25.5 Å². The molecule has 1 aliphatic heterocycles. The van der Waals surface area contributed by atoms with Crippen LogP contribution in [0.1, 0.15) is 35.8 Å². The van der Waals surface area contributed by atoms with E-state index in [-0.39, 0.29) is 11.7 Å². The Hall–Kier alpha value is -2.32. The Labute approximate surface area is 153 Å². The topological polar surface area (TPSA) is 69.9 Å². The van der Waals surface area contributed by atoms with Crippen molar-refractivity contribution in [2.24, 2.45) is 7.05 Å². The van der Waals surface area contributed by atoms with Gasteiger partial charge in [-0.25, -0.2) is 13.5 Å². The Balaban J connectivity index is 1.93. The van der Waals surface area contributed by atoms with Gasteiger partial charge in [0.1, 0.15) is 5.69 Å². The molecule has 138 valence electrons. The predicted molar refractivity (Wildman–Crippen MR) is 98.9 cm³/mol. The number of aryl methyl sites for hydroxylation is 1. The second kappa shape index (κ2) is 7.51. The van der Waals surface area contributed by atoms with Gasteiger partial charge in [0.15, 0.2) is 11.6 Å². The van der Waals surface area contributed by atoms with Crippen LogP contribution in [0.3, 0.4) is 0 Å². The van der Waals surface area contributed by atoms with Gasteiger partial charge in [0.25, 0.3) is 5.91 Å². The van der Waals surface area contributed by atoms with Gasteiger partial charge >= 0.3 is 0 Å². The highest BCUT2D eigenvalue weighted by atomic mass is 32.2. The minimum atomic E-state index is -1.02. The summed E-state index contributed by atoms with van der Waals surface area (Å²) in [5.41, 5.74) is 1.23. The van der Waals surface area contributed by atoms with Gasteiger partial charge in [-0.2, -0.15) is 0 Å². The van der Waals surface area contributed by atoms with E-state index >= 15 is 0 Å². The standard InChI is InChI=1S/C18H20F2N4OS/c1-3-4-11-5-7-13-16(26(21)23-11)10-24(2)17(13)18(25)22-12-6-8-14(19)15(20)9-12/h5-11H,3-4H2,1-2H3,(H2,21,23)(H,22,25)/t11-,26?/m0/s1. The minimum absolute atomic E-state index is 0.0839. The summed E-state index contributed by atoms with van der Waals surface area (Å²) in [7, 11) is 0.779. The monoisotopic (exact) mass is 378 g/mol. The molecule has 0 radical (unpaired) electrons. The summed E-state index contributed by atoms with van der Waals surface area (Å²) >= 11 is 0. The molecule has 0 saturated heterocycles. The van der Waals surface area contributed by atoms with Crippen LogP contribution in [0, 0.1) is 16.4 Å². The van der Waals surface area contributed by atoms with Crippen molar-refractivity contribution < 1.29 is 13.6 Å². The number of carbonyl (C=O) groups excluding carboxylic acids is 1. The van der Waals surface area contributed by atoms with E-state index in [1.807, 2.05) is 12.2 Å². The zero-order valence-corrected chi connectivity index (χ0v) is 15.3. The number of rotatable bonds is 4. The molecule has 3 rings (SSSR count). The number of nitrogens with one attached hydrogen (secondary N) is 3. The molecule has 1 unspecified atom stereocenters. The minimum Gasteiger partial charge on any atom is -0.345 e. The van der Waals surface area contributed by atoms with Crippen LogP contribution in [0.4, 0.5) is 14.5 Å². The molecule has 0 aliphatic carbocycles. The Morgan fingerprint density at radius 2 is 2.15 bits per heavy atom. The second-order valence-corrected chi connectivity index (χ2v) is 7.42. The van der Waals surface area contributed by atoms with E-state index in [0.717, 1.165) is 29.9 Å². The third kappa shape index (κ3) is 3.61. The van der Waals surface area contributed by atoms with Crippen molar-refractivity contribution in [3.63, 3.8) is 0 Å². The van der Waals surface area contributed by atoms with Crippen molar-refractivity contribution in [2.75, 3.05) is 5.32 Å². The van der Waals surface area contributed by atoms with E-state index in [1.165, 1.54) is 6.07 Å². The first kappa shape index (κ1) is 18.5. The van der Waals surface area contributed by atoms with Gasteiger partial charge in [0.05, 0.1) is 4.90 Å². The number of anilines is 1. The second-order valence-electron chi connectivity index (χ2n) is 6.13. The van der Waals surface area contributed by atoms with Crippen LogP contribution in [-0.4, -0.2) is 16.5 Å². The van der Waals surface area contributed by atoms with Gasteiger partial charge in [-0.3, -0.25) is 9.57 Å². The number of benzene rings is 1. The first-order valence-corrected chi connectivity index (χ1v) is 9.48. The van der Waals surface area contributed by atoms with Gasteiger partial charge in [0.2, 0.25) is 0 Å². The molecule has 1 aliphatic rings. The summed E-state index contributed by atoms with van der Waals surface area (Å²) in [6, 6.07) is 3.30. The quantitative estimate of drug-likeness (QED) is 0.753. The third-order valence-corrected chi connectivity index (χ3v) is 5.46. The number of hydrogen-bond donors (Lipinski definition) is 3. The van der Waals surface area contributed by atoms with E-state index < -0.39 is 28.4 Å². The number of carbonyl (C=O) groups is 1. The van der Waals surface area contributed by atoms with Gasteiger partial charge in [-0.05, 0) is 29.4 Å². The third-order valence-electron chi connectivity index (χ3n) is 4.16. The smallest absolute Gasteiger partial charge is 0.272 e. The number of fused-ring (bicyclic) bond motifs is 1. The van der Waals surface area contributed by atoms with Gasteiger partial charge < -0.3 is 9.88 Å². The summed E-state index contributed by atoms with van der Waals surface area (Å²) in [6.07, 6.45) is 7.49. The van der Waals surface area contributed by atoms with E-state index in [0.29, 0.717) is 11.3 Å². The lowest BCUT2D eigenvalue weighted by molar-refractivity contribution is 0.101. The summed E-state index contributed by atoms with van der Waals surface area (Å²) in [4.78, 5) is 13.5. The van der Waals surface area contributed by atoms with Crippen molar-refractivity contribution in [2.45, 2.75) is 30.7 Å². The van der Waals surface area contributed by atoms with E-state index in [4.69, 9.17) is 4.78 Å². The van der Waals surface area contributed by atoms with Crippen LogP contribution in [0.25, 0.3) is 6.08 Å². The molecular formula is C18H20F2N4OS. The molecule has 8 heteroatoms. The summed E-state index contributed by atoms with van der Waals surface area (Å²) in [5.74, 6) is -2.42. The lowest BCUT2D eigenvalue weighted by atomic mass is 10.1. The molecule has 3 N–H and O–H groups in total. The van der Waals surface area contributed by atoms with E-state index in [9.17, 15) is 13.6 Å². The first-order chi connectivity index (χ1) is 12.4. The molecule has 0 spiro atoms. The molecule has 0 saturated carbocycles. The molecule has 0 bridgehead atoms. The normalized spacial score (nSPS) is 19.1. The number of nitrogens with zero attached hydrogens (tertiary/aromatic N) is 1. The summed E-state index contributed by atoms with van der Waals surface area (Å²) in [6.45, 7) is 2.08. The molecule has 26 heavy (non-hydrogen) atoms. The molecule has 0 fully saturated rings. The van der Waals surface area contributed by atoms with Gasteiger partial charge in [0, 0.05) is 36.6 Å². The van der Waals surface area contributed by atoms with Crippen LogP contribution in [0.2, 0.25) is 0 Å². The summed E-state index contributed by atoms with van der Waals surface area (Å²) < 4.78 is 39.7. The molecular weight excluding hydrogens is 358 g/mol. The number of aromatic nitrogens is 1. The average Bonchev–Trinajstić information content (AvgIpc) is 2.85. The van der Waals surface area contributed by atoms with E-state index in [1.54, 1.807) is 17.8 Å². The van der Waals surface area contributed by atoms with Crippen molar-refractivity contribution >= 4 is 28.5 Å². The lowest BCUT2D eigenvalue weighted by Gasteiger charge is -2.12. The fourth-order valence-electron chi connectivity index (χ4n) is 2.92.